The summed E-state index contributed by atoms with van der Waals surface area (Å²) in [6, 6.07) is -0.336. The van der Waals surface area contributed by atoms with Crippen LogP contribution in [0.1, 0.15) is 58.3 Å². The Morgan fingerprint density at radius 3 is 2.50 bits per heavy atom. The lowest BCUT2D eigenvalue weighted by molar-refractivity contribution is -0.137. The van der Waals surface area contributed by atoms with Gasteiger partial charge in [0, 0.05) is 6.04 Å². The van der Waals surface area contributed by atoms with Crippen LogP contribution in [0.5, 0.6) is 0 Å². The second-order valence-corrected chi connectivity index (χ2v) is 4.25. The predicted octanol–water partition coefficient (Wildman–Crippen LogP) is 3.10. The van der Waals surface area contributed by atoms with Crippen molar-refractivity contribution >= 4 is 5.97 Å². The van der Waals surface area contributed by atoms with E-state index in [1.54, 1.807) is 6.08 Å². The molecule has 3 heteroatoms. The standard InChI is InChI=1S/C13H25NO2/c1-2-3-4-5-6-7-8-9-10-12(14)11-13(15)16/h9-10,12H,2-8,11,14H2,1H3,(H,15,16)/b10-9+. The second-order valence-electron chi connectivity index (χ2n) is 4.25. The van der Waals surface area contributed by atoms with E-state index in [4.69, 9.17) is 10.8 Å². The van der Waals surface area contributed by atoms with Crippen LogP contribution in [0.15, 0.2) is 12.2 Å². The molecule has 0 heterocycles. The highest BCUT2D eigenvalue weighted by Gasteiger charge is 2.02. The molecule has 0 saturated heterocycles. The molecule has 1 atom stereocenters. The van der Waals surface area contributed by atoms with E-state index in [1.165, 1.54) is 38.5 Å². The third-order valence-electron chi connectivity index (χ3n) is 2.52. The Kier molecular flexibility index (Phi) is 10.1. The zero-order valence-electron chi connectivity index (χ0n) is 10.3. The van der Waals surface area contributed by atoms with Crippen LogP contribution in [-0.2, 0) is 4.79 Å². The average molecular weight is 227 g/mol. The Bertz CT molecular complexity index is 202. The molecule has 0 aromatic rings. The summed E-state index contributed by atoms with van der Waals surface area (Å²) in [5.41, 5.74) is 5.59. The van der Waals surface area contributed by atoms with E-state index in [-0.39, 0.29) is 12.5 Å². The quantitative estimate of drug-likeness (QED) is 0.445. The molecule has 0 bridgehead atoms. The Hall–Kier alpha value is -0.830. The third-order valence-corrected chi connectivity index (χ3v) is 2.52. The molecule has 0 rings (SSSR count). The first-order valence-corrected chi connectivity index (χ1v) is 6.30. The van der Waals surface area contributed by atoms with Crippen molar-refractivity contribution in [3.05, 3.63) is 12.2 Å². The van der Waals surface area contributed by atoms with Crippen molar-refractivity contribution in [2.45, 2.75) is 64.3 Å². The minimum absolute atomic E-state index is 0.0208. The van der Waals surface area contributed by atoms with Gasteiger partial charge in [-0.1, -0.05) is 51.2 Å². The summed E-state index contributed by atoms with van der Waals surface area (Å²) in [5, 5.41) is 8.49. The van der Waals surface area contributed by atoms with E-state index < -0.39 is 5.97 Å². The first-order valence-electron chi connectivity index (χ1n) is 6.30. The summed E-state index contributed by atoms with van der Waals surface area (Å²) in [6.45, 7) is 2.21. The van der Waals surface area contributed by atoms with Gasteiger partial charge in [-0.05, 0) is 12.8 Å². The maximum atomic E-state index is 10.3. The summed E-state index contributed by atoms with van der Waals surface area (Å²) >= 11 is 0. The molecule has 0 aliphatic carbocycles. The molecule has 0 radical (unpaired) electrons. The smallest absolute Gasteiger partial charge is 0.305 e. The fourth-order valence-corrected chi connectivity index (χ4v) is 1.58. The molecule has 0 aliphatic heterocycles. The van der Waals surface area contributed by atoms with E-state index in [1.807, 2.05) is 6.08 Å². The summed E-state index contributed by atoms with van der Waals surface area (Å²) in [4.78, 5) is 10.3. The number of carboxylic acid groups (broad SMARTS) is 1. The van der Waals surface area contributed by atoms with E-state index >= 15 is 0 Å². The van der Waals surface area contributed by atoms with Crippen molar-refractivity contribution in [2.75, 3.05) is 0 Å². The minimum Gasteiger partial charge on any atom is -0.481 e. The van der Waals surface area contributed by atoms with Gasteiger partial charge in [0.2, 0.25) is 0 Å². The maximum Gasteiger partial charge on any atom is 0.305 e. The van der Waals surface area contributed by atoms with E-state index in [0.717, 1.165) is 6.42 Å². The molecule has 1 unspecified atom stereocenters. The maximum absolute atomic E-state index is 10.3. The molecule has 3 N–H and O–H groups in total. The number of hydrogen-bond acceptors (Lipinski definition) is 2. The first-order chi connectivity index (χ1) is 7.66. The van der Waals surface area contributed by atoms with Gasteiger partial charge in [0.25, 0.3) is 0 Å². The molecular weight excluding hydrogens is 202 g/mol. The normalized spacial score (nSPS) is 13.1. The van der Waals surface area contributed by atoms with Gasteiger partial charge in [-0.15, -0.1) is 0 Å². The van der Waals surface area contributed by atoms with Crippen LogP contribution in [0.3, 0.4) is 0 Å². The number of hydrogen-bond donors (Lipinski definition) is 2. The molecule has 94 valence electrons. The number of rotatable bonds is 10. The van der Waals surface area contributed by atoms with Gasteiger partial charge in [0.05, 0.1) is 6.42 Å². The monoisotopic (exact) mass is 227 g/mol. The lowest BCUT2D eigenvalue weighted by Crippen LogP contribution is -2.20. The molecule has 0 aromatic carbocycles. The number of carbonyl (C=O) groups is 1. The lowest BCUT2D eigenvalue weighted by Gasteiger charge is -2.01. The fourth-order valence-electron chi connectivity index (χ4n) is 1.58. The van der Waals surface area contributed by atoms with Crippen LogP contribution in [0, 0.1) is 0 Å². The van der Waals surface area contributed by atoms with Crippen LogP contribution in [0.2, 0.25) is 0 Å². The van der Waals surface area contributed by atoms with Crippen LogP contribution < -0.4 is 5.73 Å². The molecule has 0 fully saturated rings. The van der Waals surface area contributed by atoms with Gasteiger partial charge < -0.3 is 10.8 Å². The summed E-state index contributed by atoms with van der Waals surface area (Å²) in [5.74, 6) is -0.836. The summed E-state index contributed by atoms with van der Waals surface area (Å²) in [6.07, 6.45) is 12.5. The Morgan fingerprint density at radius 2 is 1.88 bits per heavy atom. The van der Waals surface area contributed by atoms with Crippen molar-refractivity contribution in [3.63, 3.8) is 0 Å². The highest BCUT2D eigenvalue weighted by Crippen LogP contribution is 2.07. The molecular formula is C13H25NO2. The van der Waals surface area contributed by atoms with Crippen LogP contribution >= 0.6 is 0 Å². The number of unbranched alkanes of at least 4 members (excludes halogenated alkanes) is 6. The Labute approximate surface area is 98.7 Å². The first kappa shape index (κ1) is 15.2. The second kappa shape index (κ2) is 10.7. The Morgan fingerprint density at radius 1 is 1.25 bits per heavy atom. The topological polar surface area (TPSA) is 63.3 Å². The predicted molar refractivity (Wildman–Crippen MR) is 67.4 cm³/mol. The van der Waals surface area contributed by atoms with Gasteiger partial charge in [0.15, 0.2) is 0 Å². The number of nitrogens with two attached hydrogens (primary N) is 1. The van der Waals surface area contributed by atoms with Crippen LogP contribution in [0.4, 0.5) is 0 Å². The summed E-state index contributed by atoms with van der Waals surface area (Å²) in [7, 11) is 0. The molecule has 0 amide bonds. The molecule has 16 heavy (non-hydrogen) atoms. The van der Waals surface area contributed by atoms with Crippen LogP contribution in [-0.4, -0.2) is 17.1 Å². The zero-order valence-corrected chi connectivity index (χ0v) is 10.3. The largest absolute Gasteiger partial charge is 0.481 e. The van der Waals surface area contributed by atoms with E-state index in [2.05, 4.69) is 6.92 Å². The van der Waals surface area contributed by atoms with E-state index in [0.29, 0.717) is 0 Å². The number of allylic oxidation sites excluding steroid dienone is 1. The average Bonchev–Trinajstić information content (AvgIpc) is 2.21. The lowest BCUT2D eigenvalue weighted by atomic mass is 10.1. The highest BCUT2D eigenvalue weighted by molar-refractivity contribution is 5.67. The van der Waals surface area contributed by atoms with Crippen molar-refractivity contribution < 1.29 is 9.90 Å². The molecule has 0 aromatic heterocycles. The van der Waals surface area contributed by atoms with Gasteiger partial charge in [-0.2, -0.15) is 0 Å². The van der Waals surface area contributed by atoms with Gasteiger partial charge in [-0.25, -0.2) is 0 Å². The van der Waals surface area contributed by atoms with Gasteiger partial charge in [-0.3, -0.25) is 4.79 Å². The van der Waals surface area contributed by atoms with Crippen molar-refractivity contribution in [2.24, 2.45) is 5.73 Å². The number of carboxylic acids is 1. The minimum atomic E-state index is -0.836. The molecule has 0 aliphatic rings. The van der Waals surface area contributed by atoms with Crippen LogP contribution in [0.25, 0.3) is 0 Å². The SMILES string of the molecule is CCCCCCCC/C=C/C(N)CC(=O)O. The fraction of sp³-hybridized carbons (Fsp3) is 0.769. The van der Waals surface area contributed by atoms with Crippen molar-refractivity contribution in [3.8, 4) is 0 Å². The molecule has 0 saturated carbocycles. The summed E-state index contributed by atoms with van der Waals surface area (Å²) < 4.78 is 0. The van der Waals surface area contributed by atoms with Crippen molar-refractivity contribution in [1.29, 1.82) is 0 Å². The van der Waals surface area contributed by atoms with Crippen molar-refractivity contribution in [1.82, 2.24) is 0 Å². The molecule has 3 nitrogen and oxygen atoms in total. The number of aliphatic carboxylic acids is 1. The van der Waals surface area contributed by atoms with E-state index in [9.17, 15) is 4.79 Å². The Balaban J connectivity index is 3.30. The zero-order chi connectivity index (χ0) is 12.2. The third kappa shape index (κ3) is 11.2. The highest BCUT2D eigenvalue weighted by atomic mass is 16.4. The molecule has 0 spiro atoms. The van der Waals surface area contributed by atoms with Gasteiger partial charge >= 0.3 is 5.97 Å². The van der Waals surface area contributed by atoms with Gasteiger partial charge in [0.1, 0.15) is 0 Å².